The quantitative estimate of drug-likeness (QED) is 0.722. The molecule has 114 valence electrons. The third-order valence-electron chi connectivity index (χ3n) is 2.28. The molecule has 0 aliphatic carbocycles. The summed E-state index contributed by atoms with van der Waals surface area (Å²) in [7, 11) is 1.63. The molecule has 0 radical (unpaired) electrons. The Morgan fingerprint density at radius 2 is 1.90 bits per heavy atom. The fourth-order valence-corrected chi connectivity index (χ4v) is 1.47. The molecule has 1 rings (SSSR count). The molecule has 0 fully saturated rings. The van der Waals surface area contributed by atoms with E-state index in [1.165, 1.54) is 0 Å². The van der Waals surface area contributed by atoms with Gasteiger partial charge in [0.25, 0.3) is 0 Å². The molecule has 0 aliphatic rings. The van der Waals surface area contributed by atoms with Crippen LogP contribution in [0.3, 0.4) is 0 Å². The second-order valence-corrected chi connectivity index (χ2v) is 4.41. The van der Waals surface area contributed by atoms with Crippen molar-refractivity contribution in [1.29, 1.82) is 0 Å². The number of hydrogen-bond acceptors (Lipinski definition) is 4. The van der Waals surface area contributed by atoms with Crippen molar-refractivity contribution in [2.45, 2.75) is 20.0 Å². The van der Waals surface area contributed by atoms with Gasteiger partial charge in [-0.15, -0.1) is 12.4 Å². The van der Waals surface area contributed by atoms with Gasteiger partial charge in [-0.1, -0.05) is 0 Å². The summed E-state index contributed by atoms with van der Waals surface area (Å²) in [6.45, 7) is 5.47. The molecule has 0 saturated heterocycles. The first-order valence-corrected chi connectivity index (χ1v) is 6.38. The number of nitrogens with one attached hydrogen (secondary N) is 2. The normalized spacial score (nSPS) is 10.0. The van der Waals surface area contributed by atoms with Gasteiger partial charge in [-0.25, -0.2) is 0 Å². The predicted octanol–water partition coefficient (Wildman–Crippen LogP) is 2.07. The minimum absolute atomic E-state index is 0. The van der Waals surface area contributed by atoms with Crippen LogP contribution in [-0.4, -0.2) is 38.8 Å². The minimum atomic E-state index is -0.0753. The van der Waals surface area contributed by atoms with Gasteiger partial charge in [0, 0.05) is 19.3 Å². The van der Waals surface area contributed by atoms with E-state index in [0.717, 1.165) is 11.4 Å². The van der Waals surface area contributed by atoms with Gasteiger partial charge in [-0.05, 0) is 38.1 Å². The van der Waals surface area contributed by atoms with Crippen molar-refractivity contribution in [1.82, 2.24) is 5.32 Å². The molecule has 20 heavy (non-hydrogen) atoms. The fraction of sp³-hybridized carbons (Fsp3) is 0.500. The zero-order chi connectivity index (χ0) is 14.1. The summed E-state index contributed by atoms with van der Waals surface area (Å²) in [6, 6.07) is 7.33. The maximum atomic E-state index is 11.6. The first-order valence-electron chi connectivity index (χ1n) is 6.38. The van der Waals surface area contributed by atoms with Crippen molar-refractivity contribution in [3.05, 3.63) is 24.3 Å². The van der Waals surface area contributed by atoms with E-state index in [1.54, 1.807) is 7.11 Å². The summed E-state index contributed by atoms with van der Waals surface area (Å²) < 4.78 is 10.4. The van der Waals surface area contributed by atoms with Gasteiger partial charge < -0.3 is 20.1 Å². The number of ether oxygens (including phenoxy) is 2. The van der Waals surface area contributed by atoms with Gasteiger partial charge in [-0.2, -0.15) is 0 Å². The van der Waals surface area contributed by atoms with E-state index in [4.69, 9.17) is 9.47 Å². The Kier molecular flexibility index (Phi) is 9.80. The van der Waals surface area contributed by atoms with Crippen LogP contribution in [0.2, 0.25) is 0 Å². The number of methoxy groups -OCH3 is 1. The zero-order valence-electron chi connectivity index (χ0n) is 12.1. The van der Waals surface area contributed by atoms with Crippen molar-refractivity contribution in [3.8, 4) is 5.75 Å². The SMILES string of the molecule is COCCNCC(=O)Nc1ccc(OC(C)C)cc1.Cl. The molecule has 0 spiro atoms. The van der Waals surface area contributed by atoms with Crippen LogP contribution in [0.15, 0.2) is 24.3 Å². The number of amides is 1. The molecule has 5 nitrogen and oxygen atoms in total. The molecule has 0 saturated carbocycles. The Labute approximate surface area is 126 Å². The van der Waals surface area contributed by atoms with E-state index in [9.17, 15) is 4.79 Å². The van der Waals surface area contributed by atoms with E-state index >= 15 is 0 Å². The monoisotopic (exact) mass is 302 g/mol. The maximum Gasteiger partial charge on any atom is 0.238 e. The summed E-state index contributed by atoms with van der Waals surface area (Å²) in [4.78, 5) is 11.6. The molecule has 0 bridgehead atoms. The highest BCUT2D eigenvalue weighted by atomic mass is 35.5. The highest BCUT2D eigenvalue weighted by molar-refractivity contribution is 5.92. The summed E-state index contributed by atoms with van der Waals surface area (Å²) in [5.74, 6) is 0.722. The lowest BCUT2D eigenvalue weighted by atomic mass is 10.3. The average molecular weight is 303 g/mol. The van der Waals surface area contributed by atoms with Gasteiger partial charge in [0.2, 0.25) is 5.91 Å². The van der Waals surface area contributed by atoms with Crippen molar-refractivity contribution in [2.24, 2.45) is 0 Å². The molecular formula is C14H23ClN2O3. The van der Waals surface area contributed by atoms with Crippen LogP contribution < -0.4 is 15.4 Å². The standard InChI is InChI=1S/C14H22N2O3.ClH/c1-11(2)19-13-6-4-12(5-7-13)16-14(17)10-15-8-9-18-3;/h4-7,11,15H,8-10H2,1-3H3,(H,16,17);1H. The predicted molar refractivity (Wildman–Crippen MR) is 82.8 cm³/mol. The van der Waals surface area contributed by atoms with Crippen molar-refractivity contribution < 1.29 is 14.3 Å². The number of rotatable bonds is 8. The van der Waals surface area contributed by atoms with Crippen molar-refractivity contribution in [2.75, 3.05) is 32.1 Å². The lowest BCUT2D eigenvalue weighted by Crippen LogP contribution is -2.30. The van der Waals surface area contributed by atoms with Crippen LogP contribution in [0.5, 0.6) is 5.75 Å². The van der Waals surface area contributed by atoms with E-state index in [1.807, 2.05) is 38.1 Å². The molecule has 0 heterocycles. The summed E-state index contributed by atoms with van der Waals surface area (Å²) in [6.07, 6.45) is 0.144. The summed E-state index contributed by atoms with van der Waals surface area (Å²) in [5.41, 5.74) is 0.759. The van der Waals surface area contributed by atoms with E-state index in [2.05, 4.69) is 10.6 Å². The highest BCUT2D eigenvalue weighted by Gasteiger charge is 2.02. The highest BCUT2D eigenvalue weighted by Crippen LogP contribution is 2.16. The van der Waals surface area contributed by atoms with Gasteiger partial charge in [-0.3, -0.25) is 4.79 Å². The third kappa shape index (κ3) is 7.99. The van der Waals surface area contributed by atoms with E-state index in [0.29, 0.717) is 13.2 Å². The summed E-state index contributed by atoms with van der Waals surface area (Å²) in [5, 5.41) is 5.78. The van der Waals surface area contributed by atoms with Crippen LogP contribution in [0.4, 0.5) is 5.69 Å². The first-order chi connectivity index (χ1) is 9.11. The molecule has 0 aromatic heterocycles. The number of halogens is 1. The molecule has 6 heteroatoms. The number of anilines is 1. The van der Waals surface area contributed by atoms with Crippen LogP contribution in [-0.2, 0) is 9.53 Å². The van der Waals surface area contributed by atoms with E-state index in [-0.39, 0.29) is 31.0 Å². The van der Waals surface area contributed by atoms with E-state index < -0.39 is 0 Å². The second kappa shape index (κ2) is 10.5. The van der Waals surface area contributed by atoms with Crippen LogP contribution in [0.25, 0.3) is 0 Å². The van der Waals surface area contributed by atoms with Crippen molar-refractivity contribution in [3.63, 3.8) is 0 Å². The van der Waals surface area contributed by atoms with Gasteiger partial charge in [0.15, 0.2) is 0 Å². The van der Waals surface area contributed by atoms with Gasteiger partial charge in [0.05, 0.1) is 19.3 Å². The number of hydrogen-bond donors (Lipinski definition) is 2. The third-order valence-corrected chi connectivity index (χ3v) is 2.28. The largest absolute Gasteiger partial charge is 0.491 e. The molecule has 0 unspecified atom stereocenters. The Morgan fingerprint density at radius 3 is 2.45 bits per heavy atom. The average Bonchev–Trinajstić information content (AvgIpc) is 2.36. The molecule has 1 aromatic rings. The zero-order valence-corrected chi connectivity index (χ0v) is 13.0. The Morgan fingerprint density at radius 1 is 1.25 bits per heavy atom. The Balaban J connectivity index is 0.00000361. The van der Waals surface area contributed by atoms with Gasteiger partial charge in [0.1, 0.15) is 5.75 Å². The molecule has 0 atom stereocenters. The van der Waals surface area contributed by atoms with Crippen LogP contribution >= 0.6 is 12.4 Å². The topological polar surface area (TPSA) is 59.6 Å². The number of carbonyl (C=O) groups excluding carboxylic acids is 1. The molecule has 2 N–H and O–H groups in total. The lowest BCUT2D eigenvalue weighted by molar-refractivity contribution is -0.115. The molecule has 1 aromatic carbocycles. The Bertz CT molecular complexity index is 383. The van der Waals surface area contributed by atoms with Crippen LogP contribution in [0.1, 0.15) is 13.8 Å². The number of carbonyl (C=O) groups is 1. The minimum Gasteiger partial charge on any atom is -0.491 e. The van der Waals surface area contributed by atoms with Gasteiger partial charge >= 0.3 is 0 Å². The molecule has 1 amide bonds. The fourth-order valence-electron chi connectivity index (χ4n) is 1.47. The smallest absolute Gasteiger partial charge is 0.238 e. The Hall–Kier alpha value is -1.30. The maximum absolute atomic E-state index is 11.6. The summed E-state index contributed by atoms with van der Waals surface area (Å²) >= 11 is 0. The van der Waals surface area contributed by atoms with Crippen LogP contribution in [0, 0.1) is 0 Å². The molecular weight excluding hydrogens is 280 g/mol. The number of benzene rings is 1. The van der Waals surface area contributed by atoms with Crippen molar-refractivity contribution >= 4 is 24.0 Å². The first kappa shape index (κ1) is 18.7. The molecule has 0 aliphatic heterocycles. The second-order valence-electron chi connectivity index (χ2n) is 4.41. The lowest BCUT2D eigenvalue weighted by Gasteiger charge is -2.10.